The van der Waals surface area contributed by atoms with E-state index in [1.54, 1.807) is 33.4 Å². The second-order valence-corrected chi connectivity index (χ2v) is 8.96. The molecule has 0 nitrogen and oxygen atoms in total. The molecular weight excluding hydrogens is 482 g/mol. The Bertz CT molecular complexity index is 626. The van der Waals surface area contributed by atoms with Crippen LogP contribution >= 0.6 is 0 Å². The van der Waals surface area contributed by atoms with Gasteiger partial charge in [-0.05, 0) is 136 Å². The van der Waals surface area contributed by atoms with Gasteiger partial charge in [0, 0.05) is 39.9 Å². The van der Waals surface area contributed by atoms with Crippen LogP contribution in [0.25, 0.3) is 0 Å². The largest absolute Gasteiger partial charge is 0.0661 e. The van der Waals surface area contributed by atoms with Gasteiger partial charge in [-0.3, -0.25) is 0 Å². The van der Waals surface area contributed by atoms with Crippen molar-refractivity contribution in [3.63, 3.8) is 0 Å². The Morgan fingerprint density at radius 1 is 0.286 bits per heavy atom. The third kappa shape index (κ3) is 6.93. The molecule has 0 aromatic carbocycles. The standard InChI is InChI=1S/3C9H14.Gd/c3*1-6-5-7(2)9(4)8(6)3;/h3*5H2,1-4H3;. The molecule has 1 heteroatoms. The summed E-state index contributed by atoms with van der Waals surface area (Å²) >= 11 is 0. The second kappa shape index (κ2) is 11.8. The second-order valence-electron chi connectivity index (χ2n) is 8.96. The zero-order valence-electron chi connectivity index (χ0n) is 20.5. The third-order valence-corrected chi connectivity index (χ3v) is 7.12. The van der Waals surface area contributed by atoms with Crippen molar-refractivity contribution < 1.29 is 39.9 Å². The number of allylic oxidation sites excluding steroid dienone is 12. The summed E-state index contributed by atoms with van der Waals surface area (Å²) in [7, 11) is 0. The van der Waals surface area contributed by atoms with E-state index in [1.807, 2.05) is 0 Å². The van der Waals surface area contributed by atoms with E-state index in [4.69, 9.17) is 0 Å². The molecule has 3 aliphatic rings. The zero-order chi connectivity index (χ0) is 21.0. The first-order valence-electron chi connectivity index (χ1n) is 10.4. The first kappa shape index (κ1) is 27.8. The predicted octanol–water partition coefficient (Wildman–Crippen LogP) is 9.19. The molecule has 3 aliphatic carbocycles. The van der Waals surface area contributed by atoms with Crippen molar-refractivity contribution in [2.75, 3.05) is 0 Å². The van der Waals surface area contributed by atoms with Gasteiger partial charge in [0.15, 0.2) is 0 Å². The third-order valence-electron chi connectivity index (χ3n) is 7.12. The summed E-state index contributed by atoms with van der Waals surface area (Å²) in [6.45, 7) is 26.6. The van der Waals surface area contributed by atoms with Gasteiger partial charge < -0.3 is 0 Å². The molecule has 0 aromatic heterocycles. The van der Waals surface area contributed by atoms with Gasteiger partial charge in [-0.25, -0.2) is 0 Å². The normalized spacial score (nSPS) is 19.3. The molecule has 0 spiro atoms. The van der Waals surface area contributed by atoms with Crippen LogP contribution in [0.4, 0.5) is 0 Å². The van der Waals surface area contributed by atoms with E-state index in [1.165, 1.54) is 52.7 Å². The van der Waals surface area contributed by atoms with Crippen molar-refractivity contribution in [2.45, 2.75) is 102 Å². The Morgan fingerprint density at radius 2 is 0.393 bits per heavy atom. The van der Waals surface area contributed by atoms with E-state index in [2.05, 4.69) is 83.1 Å². The number of hydrogen-bond donors (Lipinski definition) is 0. The van der Waals surface area contributed by atoms with Gasteiger partial charge in [0.25, 0.3) is 0 Å². The van der Waals surface area contributed by atoms with Gasteiger partial charge in [0.2, 0.25) is 0 Å². The van der Waals surface area contributed by atoms with Crippen molar-refractivity contribution in [3.8, 4) is 0 Å². The van der Waals surface area contributed by atoms with Gasteiger partial charge in [-0.1, -0.05) is 33.4 Å². The molecule has 0 fully saturated rings. The minimum atomic E-state index is 0. The molecule has 0 unspecified atom stereocenters. The average Bonchev–Trinajstić information content (AvgIpc) is 3.07. The van der Waals surface area contributed by atoms with E-state index in [0.29, 0.717) is 0 Å². The van der Waals surface area contributed by atoms with Crippen LogP contribution in [0.2, 0.25) is 0 Å². The Labute approximate surface area is 207 Å². The maximum Gasteiger partial charge on any atom is 0 e. The molecule has 0 atom stereocenters. The molecule has 0 aliphatic heterocycles. The molecule has 0 amide bonds. The summed E-state index contributed by atoms with van der Waals surface area (Å²) in [5, 5.41) is 0. The van der Waals surface area contributed by atoms with Gasteiger partial charge in [0.1, 0.15) is 0 Å². The monoisotopic (exact) mass is 524 g/mol. The van der Waals surface area contributed by atoms with Gasteiger partial charge in [-0.2, -0.15) is 0 Å². The quantitative estimate of drug-likeness (QED) is 0.297. The van der Waals surface area contributed by atoms with E-state index >= 15 is 0 Å². The van der Waals surface area contributed by atoms with E-state index in [9.17, 15) is 0 Å². The molecule has 158 valence electrons. The summed E-state index contributed by atoms with van der Waals surface area (Å²) in [6.07, 6.45) is 3.62. The van der Waals surface area contributed by atoms with Crippen LogP contribution < -0.4 is 0 Å². The van der Waals surface area contributed by atoms with Crippen LogP contribution in [0.5, 0.6) is 0 Å². The van der Waals surface area contributed by atoms with Crippen molar-refractivity contribution in [2.24, 2.45) is 0 Å². The minimum Gasteiger partial charge on any atom is -0.0661 e. The first-order valence-corrected chi connectivity index (χ1v) is 10.4. The molecule has 0 radical (unpaired) electrons. The molecule has 0 bridgehead atoms. The molecular formula is C27H42Gd. The van der Waals surface area contributed by atoms with Crippen LogP contribution in [-0.4, -0.2) is 0 Å². The fraction of sp³-hybridized carbons (Fsp3) is 0.556. The molecule has 28 heavy (non-hydrogen) atoms. The Kier molecular flexibility index (Phi) is 11.7. The van der Waals surface area contributed by atoms with Crippen molar-refractivity contribution in [3.05, 3.63) is 66.9 Å². The van der Waals surface area contributed by atoms with Gasteiger partial charge in [-0.15, -0.1) is 0 Å². The van der Waals surface area contributed by atoms with E-state index in [-0.39, 0.29) is 39.9 Å². The summed E-state index contributed by atoms with van der Waals surface area (Å²) in [5.41, 5.74) is 18.3. The molecule has 0 saturated carbocycles. The van der Waals surface area contributed by atoms with Gasteiger partial charge in [0.05, 0.1) is 0 Å². The van der Waals surface area contributed by atoms with Crippen molar-refractivity contribution >= 4 is 0 Å². The minimum absolute atomic E-state index is 0. The maximum atomic E-state index is 2.22. The predicted molar refractivity (Wildman–Crippen MR) is 124 cm³/mol. The molecule has 0 N–H and O–H groups in total. The van der Waals surface area contributed by atoms with Crippen molar-refractivity contribution in [1.82, 2.24) is 0 Å². The topological polar surface area (TPSA) is 0 Å². The molecule has 3 rings (SSSR count). The first-order chi connectivity index (χ1) is 12.4. The number of rotatable bonds is 0. The smallest absolute Gasteiger partial charge is 0 e. The van der Waals surface area contributed by atoms with Crippen LogP contribution in [0, 0.1) is 39.9 Å². The SMILES string of the molecule is CC1=C(C)C(C)=C(C)C1.CC1=C(C)C(C)=C(C)C1.CC1=C(C)C(C)=C(C)C1.[Gd]. The Morgan fingerprint density at radius 3 is 0.429 bits per heavy atom. The summed E-state index contributed by atoms with van der Waals surface area (Å²) in [5.74, 6) is 0. The number of hydrogen-bond acceptors (Lipinski definition) is 0. The fourth-order valence-corrected chi connectivity index (χ4v) is 3.91. The van der Waals surface area contributed by atoms with Crippen LogP contribution in [0.15, 0.2) is 66.9 Å². The van der Waals surface area contributed by atoms with Crippen LogP contribution in [0.1, 0.15) is 102 Å². The molecule has 0 saturated heterocycles. The molecule has 0 aromatic rings. The van der Waals surface area contributed by atoms with Gasteiger partial charge >= 0.3 is 0 Å². The summed E-state index contributed by atoms with van der Waals surface area (Å²) < 4.78 is 0. The van der Waals surface area contributed by atoms with Crippen molar-refractivity contribution in [1.29, 1.82) is 0 Å². The summed E-state index contributed by atoms with van der Waals surface area (Å²) in [4.78, 5) is 0. The maximum absolute atomic E-state index is 2.22. The summed E-state index contributed by atoms with van der Waals surface area (Å²) in [6, 6.07) is 0. The Balaban J connectivity index is 0.000000384. The van der Waals surface area contributed by atoms with Crippen LogP contribution in [0.3, 0.4) is 0 Å². The molecule has 0 heterocycles. The Hall–Kier alpha value is -0.235. The zero-order valence-corrected chi connectivity index (χ0v) is 22.7. The average molecular weight is 524 g/mol. The fourth-order valence-electron chi connectivity index (χ4n) is 3.91. The van der Waals surface area contributed by atoms with Crippen LogP contribution in [-0.2, 0) is 0 Å². The van der Waals surface area contributed by atoms with E-state index < -0.39 is 0 Å². The van der Waals surface area contributed by atoms with E-state index in [0.717, 1.165) is 0 Å².